The molecule has 8 heteroatoms. The molecule has 3 N–H and O–H groups in total. The zero-order chi connectivity index (χ0) is 16.2. The fourth-order valence-electron chi connectivity index (χ4n) is 2.38. The fourth-order valence-corrected chi connectivity index (χ4v) is 2.38. The van der Waals surface area contributed by atoms with Crippen LogP contribution in [-0.4, -0.2) is 44.0 Å². The Morgan fingerprint density at radius 1 is 1.35 bits per heavy atom. The van der Waals surface area contributed by atoms with Crippen molar-refractivity contribution in [1.29, 1.82) is 0 Å². The maximum atomic E-state index is 4.59. The lowest BCUT2D eigenvalue weighted by atomic mass is 10.2. The van der Waals surface area contributed by atoms with Crippen molar-refractivity contribution in [1.82, 2.24) is 24.9 Å². The van der Waals surface area contributed by atoms with Crippen LogP contribution in [0.15, 0.2) is 28.6 Å². The Bertz CT molecular complexity index is 857. The molecule has 0 aliphatic rings. The standard InChI is InChI=1S/C15H18N8/c1-4-11(12-15(16-3)21-8-19-12)18-7-20-14-10-5-6-17-13(10)22-9(2)23-14/h5-6,8H,3-4,7H2,1-2H3,(H,19,21)(H2,17,20,22,23)/b18-11-. The summed E-state index contributed by atoms with van der Waals surface area (Å²) in [6.45, 7) is 7.81. The number of fused-ring (bicyclic) bond motifs is 1. The van der Waals surface area contributed by atoms with E-state index in [9.17, 15) is 0 Å². The van der Waals surface area contributed by atoms with Gasteiger partial charge in [-0.2, -0.15) is 0 Å². The molecule has 0 amide bonds. The third kappa shape index (κ3) is 2.96. The largest absolute Gasteiger partial charge is 0.350 e. The summed E-state index contributed by atoms with van der Waals surface area (Å²) < 4.78 is 0. The molecule has 0 aliphatic heterocycles. The Kier molecular flexibility index (Phi) is 4.13. The van der Waals surface area contributed by atoms with Crippen LogP contribution in [0, 0.1) is 6.92 Å². The highest BCUT2D eigenvalue weighted by molar-refractivity contribution is 6.02. The van der Waals surface area contributed by atoms with E-state index in [1.165, 1.54) is 0 Å². The van der Waals surface area contributed by atoms with Crippen LogP contribution in [0.5, 0.6) is 0 Å². The monoisotopic (exact) mass is 310 g/mol. The number of hydrogen-bond acceptors (Lipinski definition) is 6. The first-order valence-corrected chi connectivity index (χ1v) is 7.32. The fraction of sp³-hybridized carbons (Fsp3) is 0.267. The minimum Gasteiger partial charge on any atom is -0.350 e. The molecule has 8 nitrogen and oxygen atoms in total. The number of nitrogens with one attached hydrogen (secondary N) is 3. The number of H-pyrrole nitrogens is 2. The van der Waals surface area contributed by atoms with Crippen LogP contribution < -0.4 is 5.32 Å². The van der Waals surface area contributed by atoms with Crippen LogP contribution in [0.25, 0.3) is 11.0 Å². The van der Waals surface area contributed by atoms with Gasteiger partial charge in [-0.3, -0.25) is 4.99 Å². The first-order chi connectivity index (χ1) is 11.2. The summed E-state index contributed by atoms with van der Waals surface area (Å²) in [6.07, 6.45) is 4.20. The Hall–Kier alpha value is -3.03. The molecule has 0 bridgehead atoms. The van der Waals surface area contributed by atoms with Crippen molar-refractivity contribution >= 4 is 35.1 Å². The van der Waals surface area contributed by atoms with Gasteiger partial charge in [-0.25, -0.2) is 19.9 Å². The molecule has 3 rings (SSSR count). The lowest BCUT2D eigenvalue weighted by Gasteiger charge is -2.07. The number of hydrogen-bond donors (Lipinski definition) is 3. The molecular formula is C15H18N8. The molecule has 0 aliphatic carbocycles. The van der Waals surface area contributed by atoms with E-state index < -0.39 is 0 Å². The van der Waals surface area contributed by atoms with Gasteiger partial charge in [-0.05, 0) is 26.1 Å². The average Bonchev–Trinajstić information content (AvgIpc) is 3.19. The number of aryl methyl sites for hydroxylation is 1. The summed E-state index contributed by atoms with van der Waals surface area (Å²) in [4.78, 5) is 27.5. The van der Waals surface area contributed by atoms with Crippen molar-refractivity contribution in [3.8, 4) is 0 Å². The number of nitrogens with zero attached hydrogens (tertiary/aromatic N) is 5. The molecule has 3 aromatic heterocycles. The molecule has 0 spiro atoms. The molecule has 0 fully saturated rings. The minimum atomic E-state index is 0.398. The second-order valence-electron chi connectivity index (χ2n) is 4.91. The van der Waals surface area contributed by atoms with Crippen molar-refractivity contribution in [3.05, 3.63) is 30.1 Å². The zero-order valence-electron chi connectivity index (χ0n) is 13.1. The first-order valence-electron chi connectivity index (χ1n) is 7.32. The molecule has 3 aromatic rings. The Morgan fingerprint density at radius 2 is 2.22 bits per heavy atom. The van der Waals surface area contributed by atoms with Crippen molar-refractivity contribution in [2.45, 2.75) is 20.3 Å². The van der Waals surface area contributed by atoms with E-state index in [1.54, 1.807) is 6.33 Å². The van der Waals surface area contributed by atoms with E-state index in [2.05, 4.69) is 46.9 Å². The van der Waals surface area contributed by atoms with Crippen LogP contribution in [0.4, 0.5) is 11.6 Å². The molecule has 0 saturated heterocycles. The second kappa shape index (κ2) is 6.39. The van der Waals surface area contributed by atoms with Crippen molar-refractivity contribution < 1.29 is 0 Å². The predicted molar refractivity (Wildman–Crippen MR) is 91.7 cm³/mol. The van der Waals surface area contributed by atoms with Crippen molar-refractivity contribution in [2.24, 2.45) is 9.98 Å². The van der Waals surface area contributed by atoms with E-state index in [1.807, 2.05) is 26.1 Å². The van der Waals surface area contributed by atoms with Gasteiger partial charge in [0.05, 0.1) is 17.4 Å². The van der Waals surface area contributed by atoms with Crippen molar-refractivity contribution in [3.63, 3.8) is 0 Å². The molecule has 3 heterocycles. The van der Waals surface area contributed by atoms with E-state index >= 15 is 0 Å². The number of imidazole rings is 1. The normalized spacial score (nSPS) is 11.8. The van der Waals surface area contributed by atoms with Gasteiger partial charge < -0.3 is 15.3 Å². The minimum absolute atomic E-state index is 0.398. The lowest BCUT2D eigenvalue weighted by Crippen LogP contribution is -2.08. The molecule has 0 unspecified atom stereocenters. The summed E-state index contributed by atoms with van der Waals surface area (Å²) in [7, 11) is 0. The summed E-state index contributed by atoms with van der Waals surface area (Å²) in [5.41, 5.74) is 2.50. The van der Waals surface area contributed by atoms with Crippen LogP contribution in [0.2, 0.25) is 0 Å². The second-order valence-corrected chi connectivity index (χ2v) is 4.91. The number of rotatable bonds is 6. The highest BCUT2D eigenvalue weighted by atomic mass is 15.1. The Labute approximate surface area is 133 Å². The SMILES string of the molecule is C=Nc1nc[nH]c1/C(CC)=N\CNc1nc(C)nc2[nH]ccc12. The molecular weight excluding hydrogens is 292 g/mol. The summed E-state index contributed by atoms with van der Waals surface area (Å²) >= 11 is 0. The summed E-state index contributed by atoms with van der Waals surface area (Å²) in [5.74, 6) is 2.03. The molecule has 0 saturated carbocycles. The molecule has 0 radical (unpaired) electrons. The van der Waals surface area contributed by atoms with Gasteiger partial charge in [-0.1, -0.05) is 6.92 Å². The highest BCUT2D eigenvalue weighted by Gasteiger charge is 2.10. The van der Waals surface area contributed by atoms with Gasteiger partial charge in [0.25, 0.3) is 0 Å². The zero-order valence-corrected chi connectivity index (χ0v) is 13.1. The number of aromatic nitrogens is 5. The van der Waals surface area contributed by atoms with Gasteiger partial charge in [0.1, 0.15) is 29.7 Å². The van der Waals surface area contributed by atoms with Gasteiger partial charge >= 0.3 is 0 Å². The van der Waals surface area contributed by atoms with Crippen molar-refractivity contribution in [2.75, 3.05) is 12.0 Å². The van der Waals surface area contributed by atoms with E-state index in [-0.39, 0.29) is 0 Å². The maximum absolute atomic E-state index is 4.59. The third-order valence-corrected chi connectivity index (χ3v) is 3.44. The maximum Gasteiger partial charge on any atom is 0.178 e. The van der Waals surface area contributed by atoms with Gasteiger partial charge in [0.2, 0.25) is 0 Å². The number of anilines is 1. The number of aliphatic imine (C=N–C) groups is 2. The van der Waals surface area contributed by atoms with Crippen LogP contribution in [0.1, 0.15) is 24.9 Å². The van der Waals surface area contributed by atoms with Gasteiger partial charge in [0.15, 0.2) is 5.82 Å². The first kappa shape index (κ1) is 14.9. The lowest BCUT2D eigenvalue weighted by molar-refractivity contribution is 1.04. The average molecular weight is 310 g/mol. The van der Waals surface area contributed by atoms with E-state index in [0.717, 1.165) is 34.7 Å². The smallest absolute Gasteiger partial charge is 0.178 e. The molecule has 0 atom stereocenters. The molecule has 118 valence electrons. The van der Waals surface area contributed by atoms with E-state index in [4.69, 9.17) is 0 Å². The highest BCUT2D eigenvalue weighted by Crippen LogP contribution is 2.19. The summed E-state index contributed by atoms with van der Waals surface area (Å²) in [6, 6.07) is 1.94. The summed E-state index contributed by atoms with van der Waals surface area (Å²) in [5, 5.41) is 4.18. The Morgan fingerprint density at radius 3 is 3.00 bits per heavy atom. The predicted octanol–water partition coefficient (Wildman–Crippen LogP) is 2.59. The number of aromatic amines is 2. The van der Waals surface area contributed by atoms with Gasteiger partial charge in [-0.15, -0.1) is 0 Å². The molecule has 23 heavy (non-hydrogen) atoms. The Balaban J connectivity index is 1.81. The van der Waals surface area contributed by atoms with Crippen LogP contribution in [-0.2, 0) is 0 Å². The third-order valence-electron chi connectivity index (χ3n) is 3.44. The van der Waals surface area contributed by atoms with Crippen LogP contribution >= 0.6 is 0 Å². The van der Waals surface area contributed by atoms with Crippen LogP contribution in [0.3, 0.4) is 0 Å². The topological polar surface area (TPSA) is 107 Å². The van der Waals surface area contributed by atoms with E-state index in [0.29, 0.717) is 18.3 Å². The quantitative estimate of drug-likeness (QED) is 0.608. The van der Waals surface area contributed by atoms with Gasteiger partial charge in [0, 0.05) is 6.20 Å². The molecule has 0 aromatic carbocycles.